The molecule has 122 valence electrons. The molecule has 0 bridgehead atoms. The van der Waals surface area contributed by atoms with Gasteiger partial charge in [-0.05, 0) is 65.7 Å². The van der Waals surface area contributed by atoms with E-state index in [0.29, 0.717) is 0 Å². The Labute approximate surface area is 155 Å². The minimum absolute atomic E-state index is 0.981. The first-order chi connectivity index (χ1) is 12.2. The van der Waals surface area contributed by atoms with Crippen molar-refractivity contribution in [3.05, 3.63) is 94.7 Å². The second-order valence-corrected chi connectivity index (χ2v) is 6.94. The van der Waals surface area contributed by atoms with Crippen molar-refractivity contribution in [1.82, 2.24) is 4.57 Å². The smallest absolute Gasteiger partial charge is 0.0660 e. The molecule has 4 aromatic rings. The van der Waals surface area contributed by atoms with Crippen molar-refractivity contribution in [2.45, 2.75) is 6.92 Å². The van der Waals surface area contributed by atoms with E-state index in [0.717, 1.165) is 27.1 Å². The van der Waals surface area contributed by atoms with Gasteiger partial charge in [-0.1, -0.05) is 46.3 Å². The van der Waals surface area contributed by atoms with E-state index < -0.39 is 0 Å². The van der Waals surface area contributed by atoms with Crippen molar-refractivity contribution in [2.24, 2.45) is 4.99 Å². The van der Waals surface area contributed by atoms with Crippen LogP contribution in [-0.4, -0.2) is 10.8 Å². The van der Waals surface area contributed by atoms with Gasteiger partial charge in [0.15, 0.2) is 0 Å². The van der Waals surface area contributed by atoms with Gasteiger partial charge in [0.2, 0.25) is 0 Å². The summed E-state index contributed by atoms with van der Waals surface area (Å²) in [5.41, 5.74) is 4.32. The van der Waals surface area contributed by atoms with E-state index in [9.17, 15) is 0 Å². The number of hydrogen-bond acceptors (Lipinski definition) is 1. The number of hydrogen-bond donors (Lipinski definition) is 0. The highest BCUT2D eigenvalue weighted by atomic mass is 79.9. The molecular weight excluding hydrogens is 372 g/mol. The quantitative estimate of drug-likeness (QED) is 0.358. The molecule has 4 rings (SSSR count). The van der Waals surface area contributed by atoms with Gasteiger partial charge in [-0.3, -0.25) is 4.99 Å². The molecule has 0 aliphatic heterocycles. The van der Waals surface area contributed by atoms with E-state index in [2.05, 4.69) is 93.2 Å². The molecule has 3 heteroatoms. The number of aliphatic imine (C=N–C) groups is 1. The molecule has 2 nitrogen and oxygen atoms in total. The average molecular weight is 389 g/mol. The predicted molar refractivity (Wildman–Crippen MR) is 109 cm³/mol. The molecule has 0 radical (unpaired) electrons. The Morgan fingerprint density at radius 2 is 1.72 bits per heavy atom. The molecule has 1 heterocycles. The minimum atomic E-state index is 0.981. The lowest BCUT2D eigenvalue weighted by atomic mass is 10.1. The van der Waals surface area contributed by atoms with Gasteiger partial charge in [-0.15, -0.1) is 0 Å². The lowest BCUT2D eigenvalue weighted by molar-refractivity contribution is 1.07. The van der Waals surface area contributed by atoms with Crippen molar-refractivity contribution in [2.75, 3.05) is 0 Å². The second kappa shape index (κ2) is 6.69. The fourth-order valence-corrected chi connectivity index (χ4v) is 3.44. The standard InChI is InChI=1S/C22H17BrN2/c1-16-13-19(23)9-11-22(16)24-15-21-7-4-12-25(21)20-10-8-17-5-2-3-6-18(17)14-20/h2-15H,1H3. The Morgan fingerprint density at radius 3 is 2.56 bits per heavy atom. The highest BCUT2D eigenvalue weighted by Crippen LogP contribution is 2.23. The molecule has 0 saturated carbocycles. The average Bonchev–Trinajstić information content (AvgIpc) is 3.09. The van der Waals surface area contributed by atoms with Crippen molar-refractivity contribution in [3.63, 3.8) is 0 Å². The first-order valence-corrected chi connectivity index (χ1v) is 8.97. The molecule has 0 aliphatic rings. The SMILES string of the molecule is Cc1cc(Br)ccc1N=Cc1cccn1-c1ccc2ccccc2c1. The molecule has 3 aromatic carbocycles. The Balaban J connectivity index is 1.71. The van der Waals surface area contributed by atoms with Crippen LogP contribution in [0.15, 0.2) is 88.5 Å². The first kappa shape index (κ1) is 15.9. The van der Waals surface area contributed by atoms with E-state index in [1.165, 1.54) is 10.8 Å². The fourth-order valence-electron chi connectivity index (χ4n) is 2.96. The highest BCUT2D eigenvalue weighted by molar-refractivity contribution is 9.10. The van der Waals surface area contributed by atoms with Gasteiger partial charge >= 0.3 is 0 Å². The summed E-state index contributed by atoms with van der Waals surface area (Å²) >= 11 is 3.49. The van der Waals surface area contributed by atoms with Gasteiger partial charge in [0.1, 0.15) is 0 Å². The molecule has 0 amide bonds. The summed E-state index contributed by atoms with van der Waals surface area (Å²) in [6, 6.07) is 25.2. The van der Waals surface area contributed by atoms with Gasteiger partial charge in [0, 0.05) is 16.4 Å². The maximum Gasteiger partial charge on any atom is 0.0660 e. The fraction of sp³-hybridized carbons (Fsp3) is 0.0455. The number of aryl methyl sites for hydroxylation is 1. The van der Waals surface area contributed by atoms with E-state index in [4.69, 9.17) is 0 Å². The molecule has 0 spiro atoms. The Bertz CT molecular complexity index is 1080. The summed E-state index contributed by atoms with van der Waals surface area (Å²) in [5, 5.41) is 2.49. The molecule has 0 unspecified atom stereocenters. The molecular formula is C22H17BrN2. The zero-order chi connectivity index (χ0) is 17.2. The second-order valence-electron chi connectivity index (χ2n) is 6.02. The summed E-state index contributed by atoms with van der Waals surface area (Å²) in [4.78, 5) is 4.67. The maximum absolute atomic E-state index is 4.67. The lowest BCUT2D eigenvalue weighted by Crippen LogP contribution is -1.97. The largest absolute Gasteiger partial charge is 0.316 e. The number of benzene rings is 3. The van der Waals surface area contributed by atoms with Crippen LogP contribution in [0.4, 0.5) is 5.69 Å². The van der Waals surface area contributed by atoms with Crippen LogP contribution in [0.25, 0.3) is 16.5 Å². The van der Waals surface area contributed by atoms with Crippen LogP contribution in [0.5, 0.6) is 0 Å². The van der Waals surface area contributed by atoms with Gasteiger partial charge < -0.3 is 4.57 Å². The van der Waals surface area contributed by atoms with E-state index in [1.807, 2.05) is 24.4 Å². The van der Waals surface area contributed by atoms with Crippen LogP contribution in [-0.2, 0) is 0 Å². The molecule has 0 fully saturated rings. The predicted octanol–water partition coefficient (Wildman–Crippen LogP) is 6.45. The van der Waals surface area contributed by atoms with Gasteiger partial charge in [0.05, 0.1) is 17.6 Å². The number of halogens is 1. The monoisotopic (exact) mass is 388 g/mol. The Kier molecular flexibility index (Phi) is 4.24. The number of fused-ring (bicyclic) bond motifs is 1. The van der Waals surface area contributed by atoms with E-state index >= 15 is 0 Å². The molecule has 0 N–H and O–H groups in total. The van der Waals surface area contributed by atoms with Crippen LogP contribution in [0, 0.1) is 6.92 Å². The summed E-state index contributed by atoms with van der Waals surface area (Å²) in [6.45, 7) is 2.07. The van der Waals surface area contributed by atoms with Gasteiger partial charge in [-0.2, -0.15) is 0 Å². The summed E-state index contributed by atoms with van der Waals surface area (Å²) in [6.07, 6.45) is 3.99. The molecule has 25 heavy (non-hydrogen) atoms. The molecule has 1 aromatic heterocycles. The zero-order valence-corrected chi connectivity index (χ0v) is 15.4. The topological polar surface area (TPSA) is 17.3 Å². The van der Waals surface area contributed by atoms with Crippen LogP contribution >= 0.6 is 15.9 Å². The van der Waals surface area contributed by atoms with Crippen molar-refractivity contribution in [3.8, 4) is 5.69 Å². The number of aromatic nitrogens is 1. The van der Waals surface area contributed by atoms with Crippen molar-refractivity contribution >= 4 is 38.6 Å². The van der Waals surface area contributed by atoms with Crippen LogP contribution in [0.2, 0.25) is 0 Å². The maximum atomic E-state index is 4.67. The Morgan fingerprint density at radius 1 is 0.880 bits per heavy atom. The lowest BCUT2D eigenvalue weighted by Gasteiger charge is -2.08. The third kappa shape index (κ3) is 3.28. The first-order valence-electron chi connectivity index (χ1n) is 8.17. The highest BCUT2D eigenvalue weighted by Gasteiger charge is 2.03. The zero-order valence-electron chi connectivity index (χ0n) is 13.9. The van der Waals surface area contributed by atoms with Crippen molar-refractivity contribution < 1.29 is 0 Å². The minimum Gasteiger partial charge on any atom is -0.316 e. The molecule has 0 saturated heterocycles. The summed E-state index contributed by atoms with van der Waals surface area (Å²) < 4.78 is 3.23. The Hall–Kier alpha value is -2.65. The normalized spacial score (nSPS) is 11.4. The number of rotatable bonds is 3. The van der Waals surface area contributed by atoms with Crippen molar-refractivity contribution in [1.29, 1.82) is 0 Å². The van der Waals surface area contributed by atoms with Crippen LogP contribution in [0.3, 0.4) is 0 Å². The molecule has 0 aliphatic carbocycles. The molecule has 0 atom stereocenters. The summed E-state index contributed by atoms with van der Waals surface area (Å²) in [7, 11) is 0. The van der Waals surface area contributed by atoms with Gasteiger partial charge in [0.25, 0.3) is 0 Å². The van der Waals surface area contributed by atoms with Crippen LogP contribution < -0.4 is 0 Å². The van der Waals surface area contributed by atoms with Crippen LogP contribution in [0.1, 0.15) is 11.3 Å². The van der Waals surface area contributed by atoms with Gasteiger partial charge in [-0.25, -0.2) is 0 Å². The third-order valence-corrected chi connectivity index (χ3v) is 4.78. The summed E-state index contributed by atoms with van der Waals surface area (Å²) in [5.74, 6) is 0. The third-order valence-electron chi connectivity index (χ3n) is 4.29. The van der Waals surface area contributed by atoms with E-state index in [1.54, 1.807) is 0 Å². The van der Waals surface area contributed by atoms with E-state index in [-0.39, 0.29) is 0 Å². The number of nitrogens with zero attached hydrogens (tertiary/aromatic N) is 2.